The van der Waals surface area contributed by atoms with E-state index < -0.39 is 0 Å². The lowest BCUT2D eigenvalue weighted by Crippen LogP contribution is -2.54. The molecular formula is C23H34N2O2. The lowest BCUT2D eigenvalue weighted by Gasteiger charge is -2.50. The number of rotatable bonds is 7. The maximum Gasteiger partial charge on any atom is 0.0773 e. The normalized spacial score (nSPS) is 24.7. The number of H-pyrrole nitrogens is 1. The Hall–Kier alpha value is -1.78. The fraction of sp³-hybridized carbons (Fsp3) is 0.565. The van der Waals surface area contributed by atoms with Crippen molar-refractivity contribution in [1.29, 1.82) is 0 Å². The van der Waals surface area contributed by atoms with E-state index in [4.69, 9.17) is 9.47 Å². The molecule has 4 nitrogen and oxygen atoms in total. The van der Waals surface area contributed by atoms with Crippen LogP contribution in [0.4, 0.5) is 5.69 Å². The third-order valence-electron chi connectivity index (χ3n) is 6.47. The summed E-state index contributed by atoms with van der Waals surface area (Å²) in [5.41, 5.74) is 7.86. The summed E-state index contributed by atoms with van der Waals surface area (Å²) in [6.45, 7) is 9.76. The van der Waals surface area contributed by atoms with Crippen LogP contribution in [0.1, 0.15) is 53.8 Å². The monoisotopic (exact) mass is 370 g/mol. The number of aryl methyl sites for hydroxylation is 1. The minimum absolute atomic E-state index is 0.117. The molecule has 2 aromatic rings. The van der Waals surface area contributed by atoms with Crippen LogP contribution in [0.15, 0.2) is 24.3 Å². The van der Waals surface area contributed by atoms with Gasteiger partial charge in [0.2, 0.25) is 0 Å². The highest BCUT2D eigenvalue weighted by Crippen LogP contribution is 2.52. The standard InChI is InChI=1S/C23H34N2O2/c1-8-18-14(3)21(24-15(18)4)20-22(26-6)19(23(20)27-7)16-10-12-17(13-11-16)25(5)9-2/h10-13,19-20,22-24H,8-9H2,1-7H3. The van der Waals surface area contributed by atoms with E-state index >= 15 is 0 Å². The average Bonchev–Trinajstić information content (AvgIpc) is 2.94. The van der Waals surface area contributed by atoms with Crippen molar-refractivity contribution in [3.05, 3.63) is 52.3 Å². The predicted molar refractivity (Wildman–Crippen MR) is 112 cm³/mol. The van der Waals surface area contributed by atoms with Gasteiger partial charge in [0.1, 0.15) is 0 Å². The van der Waals surface area contributed by atoms with E-state index in [0.717, 1.165) is 13.0 Å². The number of nitrogens with one attached hydrogen (secondary N) is 1. The Labute approximate surface area is 163 Å². The SMILES string of the molecule is CCc1c(C)[nH]c(C2C(OC)C(c3ccc(N(C)CC)cc3)C2OC)c1C. The van der Waals surface area contributed by atoms with Gasteiger partial charge in [0.05, 0.1) is 18.1 Å². The molecule has 1 aliphatic carbocycles. The van der Waals surface area contributed by atoms with Gasteiger partial charge in [0, 0.05) is 50.8 Å². The van der Waals surface area contributed by atoms with Gasteiger partial charge in [-0.05, 0) is 56.0 Å². The van der Waals surface area contributed by atoms with Crippen LogP contribution in [0.3, 0.4) is 0 Å². The summed E-state index contributed by atoms with van der Waals surface area (Å²) >= 11 is 0. The number of anilines is 1. The van der Waals surface area contributed by atoms with Gasteiger partial charge >= 0.3 is 0 Å². The first-order valence-corrected chi connectivity index (χ1v) is 10.0. The molecule has 1 aromatic carbocycles. The first-order valence-electron chi connectivity index (χ1n) is 10.0. The third-order valence-corrected chi connectivity index (χ3v) is 6.47. The molecular weight excluding hydrogens is 336 g/mol. The molecule has 1 saturated carbocycles. The Morgan fingerprint density at radius 2 is 1.56 bits per heavy atom. The molecule has 0 bridgehead atoms. The zero-order valence-corrected chi connectivity index (χ0v) is 17.8. The molecule has 1 fully saturated rings. The Morgan fingerprint density at radius 3 is 2.00 bits per heavy atom. The number of hydrogen-bond acceptors (Lipinski definition) is 3. The Bertz CT molecular complexity index is 753. The van der Waals surface area contributed by atoms with Crippen LogP contribution in [0.25, 0.3) is 0 Å². The van der Waals surface area contributed by atoms with Crippen molar-refractivity contribution >= 4 is 5.69 Å². The van der Waals surface area contributed by atoms with Gasteiger partial charge in [0.25, 0.3) is 0 Å². The Morgan fingerprint density at radius 1 is 0.963 bits per heavy atom. The lowest BCUT2D eigenvalue weighted by molar-refractivity contribution is -0.117. The third kappa shape index (κ3) is 3.30. The number of ether oxygens (including phenoxy) is 2. The quantitative estimate of drug-likeness (QED) is 0.776. The van der Waals surface area contributed by atoms with Gasteiger partial charge in [-0.3, -0.25) is 0 Å². The Balaban J connectivity index is 1.91. The minimum atomic E-state index is 0.117. The topological polar surface area (TPSA) is 37.5 Å². The van der Waals surface area contributed by atoms with E-state index in [1.54, 1.807) is 0 Å². The molecule has 2 atom stereocenters. The molecule has 27 heavy (non-hydrogen) atoms. The molecule has 148 valence electrons. The second-order valence-electron chi connectivity index (χ2n) is 7.68. The van der Waals surface area contributed by atoms with Crippen LogP contribution in [-0.2, 0) is 15.9 Å². The lowest BCUT2D eigenvalue weighted by atomic mass is 9.63. The number of methoxy groups -OCH3 is 2. The number of nitrogens with zero attached hydrogens (tertiary/aromatic N) is 1. The van der Waals surface area contributed by atoms with Crippen LogP contribution in [0.5, 0.6) is 0 Å². The number of benzene rings is 1. The van der Waals surface area contributed by atoms with Crippen LogP contribution in [0.2, 0.25) is 0 Å². The van der Waals surface area contributed by atoms with E-state index in [1.807, 2.05) is 14.2 Å². The molecule has 0 spiro atoms. The first kappa shape index (κ1) is 20.0. The fourth-order valence-corrected chi connectivity index (χ4v) is 4.78. The highest BCUT2D eigenvalue weighted by atomic mass is 16.5. The largest absolute Gasteiger partial charge is 0.380 e. The first-order chi connectivity index (χ1) is 13.0. The van der Waals surface area contributed by atoms with Gasteiger partial charge < -0.3 is 19.4 Å². The molecule has 1 heterocycles. The van der Waals surface area contributed by atoms with Crippen molar-refractivity contribution in [2.45, 2.75) is 58.2 Å². The van der Waals surface area contributed by atoms with Gasteiger partial charge in [-0.25, -0.2) is 0 Å². The molecule has 4 heteroatoms. The molecule has 1 aliphatic rings. The van der Waals surface area contributed by atoms with E-state index in [2.05, 4.69) is 68.9 Å². The summed E-state index contributed by atoms with van der Waals surface area (Å²) in [6, 6.07) is 8.85. The number of hydrogen-bond donors (Lipinski definition) is 1. The molecule has 3 rings (SSSR count). The number of aromatic nitrogens is 1. The van der Waals surface area contributed by atoms with Crippen LogP contribution in [-0.4, -0.2) is 45.0 Å². The highest BCUT2D eigenvalue weighted by Gasteiger charge is 2.54. The second-order valence-corrected chi connectivity index (χ2v) is 7.68. The van der Waals surface area contributed by atoms with Crippen molar-refractivity contribution in [3.63, 3.8) is 0 Å². The molecule has 0 amide bonds. The number of aromatic amines is 1. The minimum Gasteiger partial charge on any atom is -0.380 e. The van der Waals surface area contributed by atoms with Gasteiger partial charge in [-0.1, -0.05) is 19.1 Å². The molecule has 2 unspecified atom stereocenters. The van der Waals surface area contributed by atoms with Crippen LogP contribution in [0, 0.1) is 13.8 Å². The van der Waals surface area contributed by atoms with E-state index in [1.165, 1.54) is 33.8 Å². The van der Waals surface area contributed by atoms with E-state index in [-0.39, 0.29) is 24.0 Å². The zero-order chi connectivity index (χ0) is 19.7. The maximum atomic E-state index is 5.98. The van der Waals surface area contributed by atoms with Gasteiger partial charge in [-0.2, -0.15) is 0 Å². The summed E-state index contributed by atoms with van der Waals surface area (Å²) in [6.07, 6.45) is 1.28. The molecule has 1 N–H and O–H groups in total. The predicted octanol–water partition coefficient (Wildman–Crippen LogP) is 4.56. The maximum absolute atomic E-state index is 5.98. The van der Waals surface area contributed by atoms with Crippen LogP contribution >= 0.6 is 0 Å². The smallest absolute Gasteiger partial charge is 0.0773 e. The van der Waals surface area contributed by atoms with Crippen LogP contribution < -0.4 is 4.90 Å². The highest BCUT2D eigenvalue weighted by molar-refractivity contribution is 5.49. The van der Waals surface area contributed by atoms with Crippen molar-refractivity contribution in [1.82, 2.24) is 4.98 Å². The van der Waals surface area contributed by atoms with Crippen molar-refractivity contribution in [3.8, 4) is 0 Å². The van der Waals surface area contributed by atoms with Crippen molar-refractivity contribution in [2.75, 3.05) is 32.7 Å². The summed E-state index contributed by atoms with van der Waals surface area (Å²) in [5.74, 6) is 0.487. The molecule has 0 aliphatic heterocycles. The fourth-order valence-electron chi connectivity index (χ4n) is 4.78. The molecule has 1 aromatic heterocycles. The van der Waals surface area contributed by atoms with Gasteiger partial charge in [0.15, 0.2) is 0 Å². The summed E-state index contributed by atoms with van der Waals surface area (Å²) in [7, 11) is 5.76. The van der Waals surface area contributed by atoms with E-state index in [0.29, 0.717) is 0 Å². The second kappa shape index (κ2) is 8.07. The molecule has 0 radical (unpaired) electrons. The zero-order valence-electron chi connectivity index (χ0n) is 17.8. The Kier molecular flexibility index (Phi) is 5.97. The van der Waals surface area contributed by atoms with Crippen molar-refractivity contribution < 1.29 is 9.47 Å². The average molecular weight is 371 g/mol. The summed E-state index contributed by atoms with van der Waals surface area (Å²) in [5, 5.41) is 0. The van der Waals surface area contributed by atoms with E-state index in [9.17, 15) is 0 Å². The molecule has 0 saturated heterocycles. The van der Waals surface area contributed by atoms with Crippen molar-refractivity contribution in [2.24, 2.45) is 0 Å². The summed E-state index contributed by atoms with van der Waals surface area (Å²) in [4.78, 5) is 5.87. The van der Waals surface area contributed by atoms with Gasteiger partial charge in [-0.15, -0.1) is 0 Å². The summed E-state index contributed by atoms with van der Waals surface area (Å²) < 4.78 is 12.0.